The topological polar surface area (TPSA) is 94.7 Å². The molecule has 4 amide bonds. The van der Waals surface area contributed by atoms with Gasteiger partial charge in [0, 0.05) is 36.2 Å². The molecule has 0 saturated carbocycles. The molecule has 2 fully saturated rings. The summed E-state index contributed by atoms with van der Waals surface area (Å²) in [7, 11) is 0. The van der Waals surface area contributed by atoms with Gasteiger partial charge in [0.1, 0.15) is 0 Å². The highest BCUT2D eigenvalue weighted by atomic mass is 16.5. The van der Waals surface area contributed by atoms with Crippen molar-refractivity contribution in [1.29, 1.82) is 0 Å². The molecule has 3 aromatic rings. The number of para-hydroxylation sites is 1. The van der Waals surface area contributed by atoms with Gasteiger partial charge in [0.15, 0.2) is 5.54 Å². The van der Waals surface area contributed by atoms with Gasteiger partial charge in [0.2, 0.25) is 0 Å². The van der Waals surface area contributed by atoms with E-state index in [0.29, 0.717) is 30.8 Å². The molecule has 3 aliphatic rings. The van der Waals surface area contributed by atoms with Crippen molar-refractivity contribution in [2.75, 3.05) is 24.6 Å². The van der Waals surface area contributed by atoms with Crippen LogP contribution in [0.15, 0.2) is 48.5 Å². The zero-order valence-corrected chi connectivity index (χ0v) is 19.0. The lowest BCUT2D eigenvalue weighted by atomic mass is 9.87. The second kappa shape index (κ2) is 7.70. The van der Waals surface area contributed by atoms with Gasteiger partial charge in [-0.05, 0) is 62.1 Å². The molecule has 0 aliphatic carbocycles. The van der Waals surface area contributed by atoms with E-state index in [1.54, 1.807) is 29.2 Å². The number of fused-ring (bicyclic) bond motifs is 5. The van der Waals surface area contributed by atoms with E-state index in [1.807, 2.05) is 31.2 Å². The number of urea groups is 1. The smallest absolute Gasteiger partial charge is 0.332 e. The molecule has 2 N–H and O–H groups in total. The molecule has 2 aromatic carbocycles. The van der Waals surface area contributed by atoms with Gasteiger partial charge in [-0.15, -0.1) is 0 Å². The number of nitrogens with one attached hydrogen (secondary N) is 2. The number of aromatic nitrogens is 1. The maximum atomic E-state index is 13.7. The SMILES string of the molecule is C[C@]12C(=O)N(c3ccc(C(=O)NC[C@@H]4CCCO4)cc3)C(=O)N1CCc1c2[nH]c2ccccc12. The predicted molar refractivity (Wildman–Crippen MR) is 127 cm³/mol. The van der Waals surface area contributed by atoms with Gasteiger partial charge in [-0.3, -0.25) is 9.59 Å². The number of hydrogen-bond donors (Lipinski definition) is 2. The predicted octanol–water partition coefficient (Wildman–Crippen LogP) is 3.32. The number of amides is 4. The number of aromatic amines is 1. The maximum Gasteiger partial charge on any atom is 0.332 e. The highest BCUT2D eigenvalue weighted by molar-refractivity contribution is 6.23. The van der Waals surface area contributed by atoms with Gasteiger partial charge in [0.05, 0.1) is 17.5 Å². The van der Waals surface area contributed by atoms with Crippen LogP contribution in [0.1, 0.15) is 41.4 Å². The number of benzene rings is 2. The molecule has 8 heteroatoms. The summed E-state index contributed by atoms with van der Waals surface area (Å²) in [6.07, 6.45) is 2.72. The van der Waals surface area contributed by atoms with Crippen molar-refractivity contribution in [3.05, 3.63) is 65.4 Å². The first-order valence-electron chi connectivity index (χ1n) is 11.7. The van der Waals surface area contributed by atoms with E-state index >= 15 is 0 Å². The Morgan fingerprint density at radius 1 is 1.18 bits per heavy atom. The van der Waals surface area contributed by atoms with Crippen molar-refractivity contribution in [1.82, 2.24) is 15.2 Å². The second-order valence-corrected chi connectivity index (χ2v) is 9.31. The number of carbonyl (C=O) groups is 3. The highest BCUT2D eigenvalue weighted by Crippen LogP contribution is 2.45. The van der Waals surface area contributed by atoms with E-state index in [-0.39, 0.29) is 23.9 Å². The van der Waals surface area contributed by atoms with Gasteiger partial charge in [-0.1, -0.05) is 18.2 Å². The first-order valence-corrected chi connectivity index (χ1v) is 11.7. The van der Waals surface area contributed by atoms with Crippen molar-refractivity contribution in [3.63, 3.8) is 0 Å². The number of imide groups is 1. The Morgan fingerprint density at radius 2 is 1.97 bits per heavy atom. The molecule has 6 rings (SSSR count). The molecule has 34 heavy (non-hydrogen) atoms. The average molecular weight is 459 g/mol. The molecule has 0 spiro atoms. The zero-order chi connectivity index (χ0) is 23.4. The number of H-pyrrole nitrogens is 1. The summed E-state index contributed by atoms with van der Waals surface area (Å²) in [4.78, 5) is 45.9. The van der Waals surface area contributed by atoms with Crippen LogP contribution in [-0.4, -0.2) is 53.5 Å². The molecule has 2 atom stereocenters. The Balaban J connectivity index is 1.27. The first-order chi connectivity index (χ1) is 16.5. The van der Waals surface area contributed by atoms with Gasteiger partial charge in [-0.2, -0.15) is 0 Å². The Labute approximate surface area is 196 Å². The number of hydrogen-bond acceptors (Lipinski definition) is 4. The van der Waals surface area contributed by atoms with Gasteiger partial charge >= 0.3 is 6.03 Å². The van der Waals surface area contributed by atoms with Crippen molar-refractivity contribution >= 4 is 34.4 Å². The molecule has 0 radical (unpaired) electrons. The third-order valence-corrected chi connectivity index (χ3v) is 7.37. The summed E-state index contributed by atoms with van der Waals surface area (Å²) in [6.45, 7) is 3.50. The van der Waals surface area contributed by atoms with Gasteiger partial charge < -0.3 is 19.9 Å². The Morgan fingerprint density at radius 3 is 2.74 bits per heavy atom. The van der Waals surface area contributed by atoms with Gasteiger partial charge in [0.25, 0.3) is 11.8 Å². The van der Waals surface area contributed by atoms with Crippen molar-refractivity contribution in [2.45, 2.75) is 37.8 Å². The number of anilines is 1. The van der Waals surface area contributed by atoms with Gasteiger partial charge in [-0.25, -0.2) is 9.69 Å². The molecule has 4 heterocycles. The summed E-state index contributed by atoms with van der Waals surface area (Å²) in [6, 6.07) is 14.2. The third kappa shape index (κ3) is 2.98. The normalized spacial score (nSPS) is 24.0. The van der Waals surface area contributed by atoms with Crippen molar-refractivity contribution in [2.24, 2.45) is 0 Å². The van der Waals surface area contributed by atoms with E-state index in [0.717, 1.165) is 41.6 Å². The second-order valence-electron chi connectivity index (χ2n) is 9.31. The molecule has 2 saturated heterocycles. The summed E-state index contributed by atoms with van der Waals surface area (Å²) in [5.74, 6) is -0.492. The lowest BCUT2D eigenvalue weighted by molar-refractivity contribution is -0.125. The van der Waals surface area contributed by atoms with Crippen LogP contribution in [0.3, 0.4) is 0 Å². The molecule has 8 nitrogen and oxygen atoms in total. The number of ether oxygens (including phenoxy) is 1. The molecule has 1 aromatic heterocycles. The Bertz CT molecular complexity index is 1310. The van der Waals surface area contributed by atoms with E-state index in [9.17, 15) is 14.4 Å². The fourth-order valence-electron chi connectivity index (χ4n) is 5.50. The number of nitrogens with zero attached hydrogens (tertiary/aromatic N) is 2. The monoisotopic (exact) mass is 458 g/mol. The minimum atomic E-state index is -1.10. The summed E-state index contributed by atoms with van der Waals surface area (Å²) in [5.41, 5.74) is 2.68. The minimum Gasteiger partial charge on any atom is -0.376 e. The minimum absolute atomic E-state index is 0.0655. The van der Waals surface area contributed by atoms with Crippen LogP contribution < -0.4 is 10.2 Å². The third-order valence-electron chi connectivity index (χ3n) is 7.37. The van der Waals surface area contributed by atoms with Crippen molar-refractivity contribution < 1.29 is 19.1 Å². The molecule has 174 valence electrons. The van der Waals surface area contributed by atoms with Crippen LogP contribution in [0.2, 0.25) is 0 Å². The van der Waals surface area contributed by atoms with E-state index < -0.39 is 5.54 Å². The maximum absolute atomic E-state index is 13.7. The quantitative estimate of drug-likeness (QED) is 0.587. The van der Waals surface area contributed by atoms with Crippen LogP contribution >= 0.6 is 0 Å². The standard InChI is InChI=1S/C26H26N4O4/c1-26-22-20(19-6-2-3-7-21(19)28-22)12-13-29(26)25(33)30(24(26)32)17-10-8-16(9-11-17)23(31)27-15-18-5-4-14-34-18/h2-3,6-11,18,28H,4-5,12-15H2,1H3,(H,27,31)/t18-,26-/m0/s1. The molecular formula is C26H26N4O4. The molecule has 0 bridgehead atoms. The largest absolute Gasteiger partial charge is 0.376 e. The zero-order valence-electron chi connectivity index (χ0n) is 19.0. The fourth-order valence-corrected chi connectivity index (χ4v) is 5.50. The first kappa shape index (κ1) is 20.9. The molecular weight excluding hydrogens is 432 g/mol. The fraction of sp³-hybridized carbons (Fsp3) is 0.346. The molecule has 3 aliphatic heterocycles. The highest BCUT2D eigenvalue weighted by Gasteiger charge is 2.59. The summed E-state index contributed by atoms with van der Waals surface area (Å²) in [5, 5.41) is 3.99. The van der Waals surface area contributed by atoms with E-state index in [2.05, 4.69) is 10.3 Å². The summed E-state index contributed by atoms with van der Waals surface area (Å²) >= 11 is 0. The van der Waals surface area contributed by atoms with Crippen LogP contribution in [-0.2, 0) is 21.5 Å². The van der Waals surface area contributed by atoms with Crippen LogP contribution in [0, 0.1) is 0 Å². The average Bonchev–Trinajstić information content (AvgIpc) is 3.55. The summed E-state index contributed by atoms with van der Waals surface area (Å²) < 4.78 is 5.55. The number of rotatable bonds is 4. The van der Waals surface area contributed by atoms with Crippen LogP contribution in [0.4, 0.5) is 10.5 Å². The van der Waals surface area contributed by atoms with E-state index in [1.165, 1.54) is 4.90 Å². The van der Waals surface area contributed by atoms with Crippen molar-refractivity contribution in [3.8, 4) is 0 Å². The van der Waals surface area contributed by atoms with E-state index in [4.69, 9.17) is 4.74 Å². The number of carbonyl (C=O) groups excluding carboxylic acids is 3. The molecule has 0 unspecified atom stereocenters. The Kier molecular flexibility index (Phi) is 4.74. The van der Waals surface area contributed by atoms with Crippen LogP contribution in [0.25, 0.3) is 10.9 Å². The Hall–Kier alpha value is -3.65. The van der Waals surface area contributed by atoms with Crippen LogP contribution in [0.5, 0.6) is 0 Å². The lowest BCUT2D eigenvalue weighted by Crippen LogP contribution is -2.49. The lowest BCUT2D eigenvalue weighted by Gasteiger charge is -2.35.